The molecule has 0 spiro atoms. The maximum absolute atomic E-state index is 10.5. The monoisotopic (exact) mass is 458 g/mol. The van der Waals surface area contributed by atoms with Gasteiger partial charge in [0.1, 0.15) is 0 Å². The van der Waals surface area contributed by atoms with E-state index in [1.807, 2.05) is 20.8 Å². The molecule has 0 unspecified atom stereocenters. The number of rotatable bonds is 5. The van der Waals surface area contributed by atoms with Crippen molar-refractivity contribution in [1.29, 1.82) is 0 Å². The molecule has 12 heavy (non-hydrogen) atoms. The predicted octanol–water partition coefficient (Wildman–Crippen LogP) is 2.11. The zero-order valence-electron chi connectivity index (χ0n) is 7.63. The summed E-state index contributed by atoms with van der Waals surface area (Å²) in [5.41, 5.74) is 0. The van der Waals surface area contributed by atoms with E-state index in [0.717, 1.165) is 13.3 Å². The second kappa shape index (κ2) is 4.89. The molecular formula is C6H15O4ReSn. The Hall–Kier alpha value is 0.821. The van der Waals surface area contributed by atoms with E-state index >= 15 is 0 Å². The summed E-state index contributed by atoms with van der Waals surface area (Å²) in [4.78, 5) is 0. The fourth-order valence-electron chi connectivity index (χ4n) is 1.11. The molecule has 6 heteroatoms. The van der Waals surface area contributed by atoms with Gasteiger partial charge in [-0.15, -0.1) is 0 Å². The summed E-state index contributed by atoms with van der Waals surface area (Å²) in [6.07, 6.45) is 0. The van der Waals surface area contributed by atoms with Crippen LogP contribution in [0.5, 0.6) is 0 Å². The molecule has 0 atom stereocenters. The van der Waals surface area contributed by atoms with Crippen molar-refractivity contribution >= 4 is 18.8 Å². The molecule has 0 heterocycles. The van der Waals surface area contributed by atoms with Gasteiger partial charge >= 0.3 is 80.9 Å². The summed E-state index contributed by atoms with van der Waals surface area (Å²) in [5.74, 6) is 0. The first-order chi connectivity index (χ1) is 5.39. The summed E-state index contributed by atoms with van der Waals surface area (Å²) in [7, 11) is 0. The molecule has 0 aromatic carbocycles. The molecular weight excluding hydrogens is 441 g/mol. The van der Waals surface area contributed by atoms with Gasteiger partial charge < -0.3 is 0 Å². The Morgan fingerprint density at radius 2 is 1.33 bits per heavy atom. The fraction of sp³-hybridized carbons (Fsp3) is 1.00. The standard InChI is InChI=1S/3C2H5.4O.Re.Sn/c3*1-2;;;;;;/h3*1H2,2H3;;;;;;. The van der Waals surface area contributed by atoms with Gasteiger partial charge in [-0.2, -0.15) is 0 Å². The van der Waals surface area contributed by atoms with E-state index in [1.54, 1.807) is 0 Å². The minimum atomic E-state index is -5.62. The summed E-state index contributed by atoms with van der Waals surface area (Å²) in [5, 5.41) is 0. The Kier molecular flexibility index (Phi) is 5.23. The third-order valence-corrected chi connectivity index (χ3v) is 27.1. The molecule has 0 saturated carbocycles. The molecule has 0 aliphatic carbocycles. The first-order valence-electron chi connectivity index (χ1n) is 4.00. The molecule has 74 valence electrons. The van der Waals surface area contributed by atoms with Crippen molar-refractivity contribution in [3.05, 3.63) is 0 Å². The molecule has 0 fully saturated rings. The van der Waals surface area contributed by atoms with E-state index in [9.17, 15) is 10.4 Å². The third kappa shape index (κ3) is 4.17. The van der Waals surface area contributed by atoms with E-state index in [2.05, 4.69) is 0 Å². The van der Waals surface area contributed by atoms with E-state index in [-0.39, 0.29) is 0 Å². The van der Waals surface area contributed by atoms with Crippen molar-refractivity contribution in [2.45, 2.75) is 34.1 Å². The molecule has 0 rings (SSSR count). The molecule has 0 aromatic rings. The first-order valence-corrected chi connectivity index (χ1v) is 15.7. The van der Waals surface area contributed by atoms with E-state index in [0.29, 0.717) is 0 Å². The summed E-state index contributed by atoms with van der Waals surface area (Å²) in [6, 6.07) is 0. The van der Waals surface area contributed by atoms with Gasteiger partial charge in [-0.1, -0.05) is 0 Å². The van der Waals surface area contributed by atoms with Gasteiger partial charge in [0.25, 0.3) is 0 Å². The molecule has 0 radical (unpaired) electrons. The Balaban J connectivity index is 4.64. The molecule has 0 aliphatic heterocycles. The number of hydrogen-bond acceptors (Lipinski definition) is 4. The first kappa shape index (κ1) is 12.8. The molecule has 4 nitrogen and oxygen atoms in total. The average molecular weight is 456 g/mol. The van der Waals surface area contributed by atoms with Gasteiger partial charge in [-0.05, 0) is 0 Å². The van der Waals surface area contributed by atoms with Gasteiger partial charge in [0, 0.05) is 0 Å². The van der Waals surface area contributed by atoms with Crippen LogP contribution < -0.4 is 0 Å². The van der Waals surface area contributed by atoms with Crippen LogP contribution in [0.4, 0.5) is 0 Å². The van der Waals surface area contributed by atoms with Crippen molar-refractivity contribution in [3.8, 4) is 0 Å². The van der Waals surface area contributed by atoms with Crippen molar-refractivity contribution in [1.82, 2.24) is 0 Å². The summed E-state index contributed by atoms with van der Waals surface area (Å²) < 4.78 is 38.7. The summed E-state index contributed by atoms with van der Waals surface area (Å²) >= 11 is -8.57. The molecule has 0 N–H and O–H groups in total. The maximum atomic E-state index is 10.5. The van der Waals surface area contributed by atoms with Crippen LogP contribution in [0, 0.1) is 0 Å². The van der Waals surface area contributed by atoms with Crippen LogP contribution in [-0.2, 0) is 28.0 Å². The topological polar surface area (TPSA) is 60.4 Å². The molecule has 0 bridgehead atoms. The Bertz CT molecular complexity index is 249. The van der Waals surface area contributed by atoms with Crippen LogP contribution in [0.2, 0.25) is 13.3 Å². The summed E-state index contributed by atoms with van der Waals surface area (Å²) in [6.45, 7) is 5.75. The van der Waals surface area contributed by atoms with Gasteiger partial charge in [0.05, 0.1) is 0 Å². The van der Waals surface area contributed by atoms with Crippen LogP contribution in [-0.4, -0.2) is 18.8 Å². The molecule has 0 saturated heterocycles. The van der Waals surface area contributed by atoms with Crippen molar-refractivity contribution in [2.75, 3.05) is 0 Å². The molecule has 0 aromatic heterocycles. The normalized spacial score (nSPS) is 13.2. The molecule has 0 aliphatic rings. The Morgan fingerprint density at radius 1 is 1.00 bits per heavy atom. The van der Waals surface area contributed by atoms with Crippen LogP contribution in [0.1, 0.15) is 20.8 Å². The van der Waals surface area contributed by atoms with Crippen LogP contribution in [0.15, 0.2) is 0 Å². The third-order valence-electron chi connectivity index (χ3n) is 2.19. The second-order valence-electron chi connectivity index (χ2n) is 2.70. The quantitative estimate of drug-likeness (QED) is 0.596. The Morgan fingerprint density at radius 3 is 1.42 bits per heavy atom. The predicted molar refractivity (Wildman–Crippen MR) is 40.3 cm³/mol. The van der Waals surface area contributed by atoms with Crippen molar-refractivity contribution in [3.63, 3.8) is 0 Å². The van der Waals surface area contributed by atoms with Crippen molar-refractivity contribution in [2.24, 2.45) is 0 Å². The van der Waals surface area contributed by atoms with Gasteiger partial charge in [0.15, 0.2) is 0 Å². The molecule has 0 amide bonds. The Labute approximate surface area is 80.4 Å². The van der Waals surface area contributed by atoms with Gasteiger partial charge in [0.2, 0.25) is 0 Å². The zero-order valence-corrected chi connectivity index (χ0v) is 13.2. The van der Waals surface area contributed by atoms with Gasteiger partial charge in [-0.25, -0.2) is 0 Å². The average Bonchev–Trinajstić information content (AvgIpc) is 1.99. The van der Waals surface area contributed by atoms with E-state index in [1.165, 1.54) is 0 Å². The van der Waals surface area contributed by atoms with E-state index < -0.39 is 34.6 Å². The minimum absolute atomic E-state index is 0.769. The number of hydrogen-bond donors (Lipinski definition) is 0. The zero-order chi connectivity index (χ0) is 9.83. The van der Waals surface area contributed by atoms with E-state index in [4.69, 9.17) is 1.80 Å². The fourth-order valence-corrected chi connectivity index (χ4v) is 25.0. The SMILES string of the molecule is C[CH2][Sn]([CH2]C)([CH2]C)[O][Re](=[O])(=[O])=[O]. The van der Waals surface area contributed by atoms with Gasteiger partial charge in [-0.3, -0.25) is 0 Å². The second-order valence-corrected chi connectivity index (χ2v) is 22.4. The van der Waals surface area contributed by atoms with Crippen molar-refractivity contribution < 1.29 is 28.0 Å². The van der Waals surface area contributed by atoms with Crippen LogP contribution in [0.3, 0.4) is 0 Å². The van der Waals surface area contributed by atoms with Crippen LogP contribution in [0.25, 0.3) is 0 Å². The van der Waals surface area contributed by atoms with Crippen LogP contribution >= 0.6 is 0 Å².